The van der Waals surface area contributed by atoms with E-state index in [1.54, 1.807) is 5.51 Å². The van der Waals surface area contributed by atoms with E-state index in [1.807, 2.05) is 13.8 Å². The molecule has 4 nitrogen and oxygen atoms in total. The van der Waals surface area contributed by atoms with Gasteiger partial charge in [0.1, 0.15) is 5.51 Å². The van der Waals surface area contributed by atoms with Crippen molar-refractivity contribution in [2.24, 2.45) is 0 Å². The minimum absolute atomic E-state index is 0.0442. The van der Waals surface area contributed by atoms with Gasteiger partial charge >= 0.3 is 0 Å². The summed E-state index contributed by atoms with van der Waals surface area (Å²) < 4.78 is 0.832. The molecule has 1 amide bonds. The monoisotopic (exact) mass is 217 g/mol. The van der Waals surface area contributed by atoms with Gasteiger partial charge in [-0.25, -0.2) is 0 Å². The molecule has 0 saturated carbocycles. The van der Waals surface area contributed by atoms with E-state index in [9.17, 15) is 4.79 Å². The van der Waals surface area contributed by atoms with Crippen molar-refractivity contribution in [2.75, 3.05) is 6.54 Å². The van der Waals surface area contributed by atoms with Gasteiger partial charge in [-0.15, -0.1) is 10.2 Å². The Morgan fingerprint density at radius 1 is 1.85 bits per heavy atom. The highest BCUT2D eigenvalue weighted by Gasteiger charge is 2.14. The van der Waals surface area contributed by atoms with Crippen LogP contribution >= 0.6 is 23.1 Å². The maximum absolute atomic E-state index is 11.3. The first-order valence-corrected chi connectivity index (χ1v) is 5.70. The van der Waals surface area contributed by atoms with Crippen LogP contribution in [0.3, 0.4) is 0 Å². The van der Waals surface area contributed by atoms with Gasteiger partial charge in [0.2, 0.25) is 5.91 Å². The first-order chi connectivity index (χ1) is 6.24. The van der Waals surface area contributed by atoms with Crippen LogP contribution in [0.1, 0.15) is 13.8 Å². The smallest absolute Gasteiger partial charge is 0.233 e. The summed E-state index contributed by atoms with van der Waals surface area (Å²) in [4.78, 5) is 11.3. The third-order valence-corrected chi connectivity index (χ3v) is 3.25. The first kappa shape index (κ1) is 10.5. The summed E-state index contributed by atoms with van der Waals surface area (Å²) in [6, 6.07) is 0. The molecule has 13 heavy (non-hydrogen) atoms. The fourth-order valence-corrected chi connectivity index (χ4v) is 2.39. The molecular weight excluding hydrogens is 206 g/mol. The van der Waals surface area contributed by atoms with Gasteiger partial charge in [0.05, 0.1) is 5.25 Å². The molecular formula is C7H11N3OS2. The molecule has 1 aromatic heterocycles. The van der Waals surface area contributed by atoms with Crippen LogP contribution in [0.4, 0.5) is 0 Å². The molecule has 1 N–H and O–H groups in total. The Morgan fingerprint density at radius 3 is 3.15 bits per heavy atom. The SMILES string of the molecule is CCNC(=O)[C@H](C)Sc1nncs1. The normalized spacial score (nSPS) is 12.5. The van der Waals surface area contributed by atoms with E-state index in [2.05, 4.69) is 15.5 Å². The molecule has 0 unspecified atom stereocenters. The van der Waals surface area contributed by atoms with Crippen molar-refractivity contribution < 1.29 is 4.79 Å². The summed E-state index contributed by atoms with van der Waals surface area (Å²) in [5, 5.41) is 10.2. The number of hydrogen-bond donors (Lipinski definition) is 1. The van der Waals surface area contributed by atoms with Crippen molar-refractivity contribution in [3.05, 3.63) is 5.51 Å². The van der Waals surface area contributed by atoms with Gasteiger partial charge in [0, 0.05) is 6.54 Å². The van der Waals surface area contributed by atoms with E-state index in [1.165, 1.54) is 23.1 Å². The zero-order valence-corrected chi connectivity index (χ0v) is 9.11. The molecule has 0 aliphatic rings. The van der Waals surface area contributed by atoms with Gasteiger partial charge in [-0.1, -0.05) is 23.1 Å². The molecule has 0 aliphatic carbocycles. The average Bonchev–Trinajstić information content (AvgIpc) is 2.57. The number of hydrogen-bond acceptors (Lipinski definition) is 5. The van der Waals surface area contributed by atoms with Crippen molar-refractivity contribution in [3.8, 4) is 0 Å². The number of aromatic nitrogens is 2. The van der Waals surface area contributed by atoms with Gasteiger partial charge in [-0.2, -0.15) is 0 Å². The van der Waals surface area contributed by atoms with Crippen LogP contribution < -0.4 is 5.32 Å². The minimum atomic E-state index is -0.104. The van der Waals surface area contributed by atoms with Gasteiger partial charge in [-0.3, -0.25) is 4.79 Å². The number of nitrogens with zero attached hydrogens (tertiary/aromatic N) is 2. The second-order valence-electron chi connectivity index (χ2n) is 2.36. The van der Waals surface area contributed by atoms with E-state index in [4.69, 9.17) is 0 Å². The average molecular weight is 217 g/mol. The van der Waals surface area contributed by atoms with Crippen molar-refractivity contribution in [1.29, 1.82) is 0 Å². The van der Waals surface area contributed by atoms with Gasteiger partial charge in [0.25, 0.3) is 0 Å². The molecule has 1 aromatic rings. The quantitative estimate of drug-likeness (QED) is 0.769. The lowest BCUT2D eigenvalue weighted by atomic mass is 10.4. The molecule has 0 radical (unpaired) electrons. The molecule has 0 aromatic carbocycles. The summed E-state index contributed by atoms with van der Waals surface area (Å²) in [6.07, 6.45) is 0. The lowest BCUT2D eigenvalue weighted by molar-refractivity contribution is -0.120. The summed E-state index contributed by atoms with van der Waals surface area (Å²) in [6.45, 7) is 4.43. The topological polar surface area (TPSA) is 54.9 Å². The molecule has 0 aliphatic heterocycles. The van der Waals surface area contributed by atoms with E-state index < -0.39 is 0 Å². The van der Waals surface area contributed by atoms with E-state index in [-0.39, 0.29) is 11.2 Å². The van der Waals surface area contributed by atoms with Gasteiger partial charge in [-0.05, 0) is 13.8 Å². The van der Waals surface area contributed by atoms with Crippen LogP contribution in [-0.4, -0.2) is 27.9 Å². The second-order valence-corrected chi connectivity index (χ2v) is 4.78. The number of nitrogens with one attached hydrogen (secondary N) is 1. The second kappa shape index (κ2) is 5.18. The number of amides is 1. The first-order valence-electron chi connectivity index (χ1n) is 3.94. The minimum Gasteiger partial charge on any atom is -0.355 e. The predicted molar refractivity (Wildman–Crippen MR) is 53.9 cm³/mol. The maximum Gasteiger partial charge on any atom is 0.233 e. The molecule has 1 rings (SSSR count). The fourth-order valence-electron chi connectivity index (χ4n) is 0.737. The molecule has 0 fully saturated rings. The molecule has 0 saturated heterocycles. The van der Waals surface area contributed by atoms with Gasteiger partial charge < -0.3 is 5.32 Å². The van der Waals surface area contributed by atoms with Crippen LogP contribution in [-0.2, 0) is 4.79 Å². The molecule has 72 valence electrons. The zero-order chi connectivity index (χ0) is 9.68. The Labute approximate surface area is 85.1 Å². The highest BCUT2D eigenvalue weighted by Crippen LogP contribution is 2.23. The van der Waals surface area contributed by atoms with E-state index >= 15 is 0 Å². The van der Waals surface area contributed by atoms with Crippen LogP contribution in [0.2, 0.25) is 0 Å². The Bertz CT molecular complexity index is 263. The van der Waals surface area contributed by atoms with E-state index in [0.29, 0.717) is 6.54 Å². The number of carbonyl (C=O) groups is 1. The summed E-state index contributed by atoms with van der Waals surface area (Å²) in [5.41, 5.74) is 1.66. The van der Waals surface area contributed by atoms with Crippen molar-refractivity contribution in [2.45, 2.75) is 23.4 Å². The standard InChI is InChI=1S/C7H11N3OS2/c1-3-8-6(11)5(2)13-7-10-9-4-12-7/h4-5H,3H2,1-2H3,(H,8,11)/t5-/m0/s1. The Kier molecular flexibility index (Phi) is 4.17. The van der Waals surface area contributed by atoms with Crippen LogP contribution in [0.15, 0.2) is 9.85 Å². The van der Waals surface area contributed by atoms with Crippen LogP contribution in [0.25, 0.3) is 0 Å². The zero-order valence-electron chi connectivity index (χ0n) is 7.48. The Balaban J connectivity index is 2.41. The lowest BCUT2D eigenvalue weighted by Gasteiger charge is -2.07. The third-order valence-electron chi connectivity index (χ3n) is 1.34. The maximum atomic E-state index is 11.3. The molecule has 1 heterocycles. The van der Waals surface area contributed by atoms with Crippen molar-refractivity contribution in [3.63, 3.8) is 0 Å². The largest absolute Gasteiger partial charge is 0.355 e. The molecule has 6 heteroatoms. The number of thioether (sulfide) groups is 1. The molecule has 0 spiro atoms. The third kappa shape index (κ3) is 3.31. The fraction of sp³-hybridized carbons (Fsp3) is 0.571. The summed E-state index contributed by atoms with van der Waals surface area (Å²) in [5.74, 6) is 0.0442. The Hall–Kier alpha value is -0.620. The Morgan fingerprint density at radius 2 is 2.62 bits per heavy atom. The van der Waals surface area contributed by atoms with Crippen LogP contribution in [0, 0.1) is 0 Å². The summed E-state index contributed by atoms with van der Waals surface area (Å²) in [7, 11) is 0. The number of carbonyl (C=O) groups excluding carboxylic acids is 1. The van der Waals surface area contributed by atoms with Crippen molar-refractivity contribution >= 4 is 29.0 Å². The molecule has 0 bridgehead atoms. The van der Waals surface area contributed by atoms with E-state index in [0.717, 1.165) is 4.34 Å². The molecule has 1 atom stereocenters. The van der Waals surface area contributed by atoms with Crippen molar-refractivity contribution in [1.82, 2.24) is 15.5 Å². The lowest BCUT2D eigenvalue weighted by Crippen LogP contribution is -2.30. The highest BCUT2D eigenvalue weighted by atomic mass is 32.2. The highest BCUT2D eigenvalue weighted by molar-refractivity contribution is 8.02. The van der Waals surface area contributed by atoms with Crippen LogP contribution in [0.5, 0.6) is 0 Å². The van der Waals surface area contributed by atoms with Gasteiger partial charge in [0.15, 0.2) is 4.34 Å². The number of rotatable bonds is 4. The predicted octanol–water partition coefficient (Wildman–Crippen LogP) is 1.15. The summed E-state index contributed by atoms with van der Waals surface area (Å²) >= 11 is 2.88.